The molecule has 0 bridgehead atoms. The third-order valence-corrected chi connectivity index (χ3v) is 11.3. The number of ether oxygens (including phenoxy) is 1. The van der Waals surface area contributed by atoms with Crippen molar-refractivity contribution < 1.29 is 19.1 Å². The number of methoxy groups -OCH3 is 1. The number of piperidine rings is 1. The number of rotatable bonds is 8. The molecular formula is C30H50N2O4. The van der Waals surface area contributed by atoms with Gasteiger partial charge in [0.25, 0.3) is 0 Å². The Morgan fingerprint density at radius 1 is 0.972 bits per heavy atom. The first-order valence-corrected chi connectivity index (χ1v) is 14.8. The van der Waals surface area contributed by atoms with E-state index in [1.165, 1.54) is 44.1 Å². The number of hydrogen-bond donors (Lipinski definition) is 0. The number of nitrogens with zero attached hydrogens (tertiary/aromatic N) is 2. The Bertz CT molecular complexity index is 830. The Hall–Kier alpha value is -1.59. The van der Waals surface area contributed by atoms with Crippen molar-refractivity contribution in [3.05, 3.63) is 0 Å². The first kappa shape index (κ1) is 27.4. The highest BCUT2D eigenvalue weighted by molar-refractivity contribution is 5.91. The fourth-order valence-corrected chi connectivity index (χ4v) is 9.18. The molecule has 7 atom stereocenters. The summed E-state index contributed by atoms with van der Waals surface area (Å²) in [4.78, 5) is 41.7. The van der Waals surface area contributed by atoms with E-state index in [9.17, 15) is 14.4 Å². The van der Waals surface area contributed by atoms with Crippen LogP contribution in [0.25, 0.3) is 0 Å². The summed E-state index contributed by atoms with van der Waals surface area (Å²) < 4.78 is 5.07. The number of unbranched alkanes of at least 4 members (excludes halogenated alkanes) is 4. The lowest BCUT2D eigenvalue weighted by atomic mass is 9.47. The lowest BCUT2D eigenvalue weighted by molar-refractivity contribution is -0.158. The van der Waals surface area contributed by atoms with Crippen molar-refractivity contribution in [2.24, 2.45) is 34.5 Å². The van der Waals surface area contributed by atoms with Gasteiger partial charge in [0.15, 0.2) is 0 Å². The molecule has 204 valence electrons. The van der Waals surface area contributed by atoms with Gasteiger partial charge in [-0.3, -0.25) is 9.59 Å². The van der Waals surface area contributed by atoms with Crippen molar-refractivity contribution in [1.29, 1.82) is 0 Å². The summed E-state index contributed by atoms with van der Waals surface area (Å²) in [7, 11) is 3.41. The molecule has 4 aliphatic rings. The Morgan fingerprint density at radius 2 is 1.69 bits per heavy atom. The van der Waals surface area contributed by atoms with E-state index in [1.54, 1.807) is 0 Å². The molecule has 3 saturated carbocycles. The molecule has 0 spiro atoms. The van der Waals surface area contributed by atoms with Crippen LogP contribution in [0.2, 0.25) is 0 Å². The molecule has 36 heavy (non-hydrogen) atoms. The lowest BCUT2D eigenvalue weighted by Crippen LogP contribution is -2.61. The Kier molecular flexibility index (Phi) is 8.41. The molecule has 6 heteroatoms. The minimum atomic E-state index is -0.489. The van der Waals surface area contributed by atoms with E-state index in [0.29, 0.717) is 55.0 Å². The molecule has 0 aromatic rings. The number of hydrogen-bond acceptors (Lipinski definition) is 4. The maximum absolute atomic E-state index is 13.1. The highest BCUT2D eigenvalue weighted by Crippen LogP contribution is 2.66. The van der Waals surface area contributed by atoms with Crippen molar-refractivity contribution >= 4 is 17.9 Å². The van der Waals surface area contributed by atoms with E-state index in [2.05, 4.69) is 25.7 Å². The average molecular weight is 503 g/mol. The molecule has 0 unspecified atom stereocenters. The molecule has 4 rings (SSSR count). The molecule has 3 aliphatic carbocycles. The smallest absolute Gasteiger partial charge is 0.416 e. The molecule has 4 fully saturated rings. The molecule has 0 aromatic heterocycles. The number of imide groups is 1. The second-order valence-electron chi connectivity index (χ2n) is 12.9. The van der Waals surface area contributed by atoms with Crippen LogP contribution in [0.1, 0.15) is 111 Å². The molecule has 0 radical (unpaired) electrons. The molecule has 0 aromatic carbocycles. The molecule has 1 saturated heterocycles. The molecule has 1 heterocycles. The zero-order chi connectivity index (χ0) is 26.1. The average Bonchev–Trinajstić information content (AvgIpc) is 3.20. The maximum Gasteiger partial charge on any atom is 0.416 e. The second-order valence-corrected chi connectivity index (χ2v) is 12.9. The van der Waals surface area contributed by atoms with E-state index < -0.39 is 6.09 Å². The zero-order valence-electron chi connectivity index (χ0n) is 23.5. The summed E-state index contributed by atoms with van der Waals surface area (Å²) in [6.07, 6.45) is 14.0. The highest BCUT2D eigenvalue weighted by Gasteiger charge is 2.61. The van der Waals surface area contributed by atoms with Crippen LogP contribution in [0, 0.1) is 34.5 Å². The normalized spacial score (nSPS) is 37.6. The van der Waals surface area contributed by atoms with E-state index in [1.807, 2.05) is 7.05 Å². The Balaban J connectivity index is 1.44. The van der Waals surface area contributed by atoms with E-state index in [0.717, 1.165) is 44.9 Å². The van der Waals surface area contributed by atoms with Gasteiger partial charge in [0.2, 0.25) is 11.8 Å². The van der Waals surface area contributed by atoms with Crippen LogP contribution < -0.4 is 0 Å². The van der Waals surface area contributed by atoms with Gasteiger partial charge in [-0.05, 0) is 85.9 Å². The molecule has 0 N–H and O–H groups in total. The van der Waals surface area contributed by atoms with Gasteiger partial charge in [-0.15, -0.1) is 0 Å². The summed E-state index contributed by atoms with van der Waals surface area (Å²) in [6, 6.07) is 0.381. The Labute approximate surface area is 218 Å². The van der Waals surface area contributed by atoms with Crippen molar-refractivity contribution in [3.8, 4) is 0 Å². The van der Waals surface area contributed by atoms with E-state index in [-0.39, 0.29) is 16.7 Å². The van der Waals surface area contributed by atoms with Crippen LogP contribution in [-0.2, 0) is 14.3 Å². The van der Waals surface area contributed by atoms with Crippen LogP contribution in [0.4, 0.5) is 4.79 Å². The fourth-order valence-electron chi connectivity index (χ4n) is 9.18. The lowest BCUT2D eigenvalue weighted by Gasteiger charge is -2.62. The fraction of sp³-hybridized carbons (Fsp3) is 0.900. The van der Waals surface area contributed by atoms with E-state index in [4.69, 9.17) is 4.74 Å². The van der Waals surface area contributed by atoms with Crippen molar-refractivity contribution in [1.82, 2.24) is 9.80 Å². The maximum atomic E-state index is 13.1. The summed E-state index contributed by atoms with van der Waals surface area (Å²) in [5.41, 5.74) is 0.380. The second kappa shape index (κ2) is 11.0. The monoisotopic (exact) mass is 502 g/mol. The van der Waals surface area contributed by atoms with Gasteiger partial charge in [-0.25, -0.2) is 9.69 Å². The van der Waals surface area contributed by atoms with Crippen LogP contribution in [0.5, 0.6) is 0 Å². The van der Waals surface area contributed by atoms with Gasteiger partial charge in [0, 0.05) is 32.5 Å². The number of amides is 3. The minimum Gasteiger partial charge on any atom is -0.452 e. The van der Waals surface area contributed by atoms with Crippen LogP contribution in [0.15, 0.2) is 0 Å². The van der Waals surface area contributed by atoms with Gasteiger partial charge >= 0.3 is 6.09 Å². The van der Waals surface area contributed by atoms with Crippen LogP contribution >= 0.6 is 0 Å². The van der Waals surface area contributed by atoms with Gasteiger partial charge in [0.1, 0.15) is 0 Å². The summed E-state index contributed by atoms with van der Waals surface area (Å²) >= 11 is 0. The summed E-state index contributed by atoms with van der Waals surface area (Å²) in [6.45, 7) is 7.60. The third kappa shape index (κ3) is 4.82. The quantitative estimate of drug-likeness (QED) is 0.359. The first-order valence-electron chi connectivity index (χ1n) is 14.8. The molecule has 6 nitrogen and oxygen atoms in total. The van der Waals surface area contributed by atoms with Crippen molar-refractivity contribution in [3.63, 3.8) is 0 Å². The molecule has 3 amide bonds. The first-order chi connectivity index (χ1) is 17.2. The minimum absolute atomic E-state index is 0.0676. The number of carbonyl (C=O) groups excluding carboxylic acids is 3. The van der Waals surface area contributed by atoms with Crippen LogP contribution in [0.3, 0.4) is 0 Å². The summed E-state index contributed by atoms with van der Waals surface area (Å²) in [5.74, 6) is 2.60. The Morgan fingerprint density at radius 3 is 2.42 bits per heavy atom. The van der Waals surface area contributed by atoms with Gasteiger partial charge in [-0.2, -0.15) is 0 Å². The SMILES string of the molecule is CCCCCCCC(=O)N(C[C@H]1CC[C@H]2[C@@H]3CC[C@H]4N(C)C(=O)CC[C@]4(C)[C@H]3CC[C@]12C)C(=O)OC. The highest BCUT2D eigenvalue weighted by atomic mass is 16.5. The summed E-state index contributed by atoms with van der Waals surface area (Å²) in [5, 5.41) is 0. The topological polar surface area (TPSA) is 66.9 Å². The number of carbonyl (C=O) groups is 3. The largest absolute Gasteiger partial charge is 0.452 e. The van der Waals surface area contributed by atoms with Crippen LogP contribution in [-0.4, -0.2) is 54.5 Å². The number of fused-ring (bicyclic) bond motifs is 5. The van der Waals surface area contributed by atoms with E-state index >= 15 is 0 Å². The zero-order valence-corrected chi connectivity index (χ0v) is 23.5. The predicted octanol–water partition coefficient (Wildman–Crippen LogP) is 6.42. The third-order valence-electron chi connectivity index (χ3n) is 11.3. The molecular weight excluding hydrogens is 452 g/mol. The van der Waals surface area contributed by atoms with Crippen molar-refractivity contribution in [2.45, 2.75) is 117 Å². The standard InChI is InChI=1S/C30H50N2O4/c1-6-7-8-9-10-11-27(34)32(28(35)36-5)20-21-12-14-23-22-13-15-25-30(3,19-17-26(33)31(25)4)24(22)16-18-29(21,23)2/h21-25H,6-20H2,1-5H3/t21-,22+,23+,24+,25-,29-,30-/m1/s1. The van der Waals surface area contributed by atoms with Gasteiger partial charge < -0.3 is 9.64 Å². The molecule has 1 aliphatic heterocycles. The predicted molar refractivity (Wildman–Crippen MR) is 141 cm³/mol. The van der Waals surface area contributed by atoms with Gasteiger partial charge in [0.05, 0.1) is 7.11 Å². The number of likely N-dealkylation sites (tertiary alicyclic amines) is 1. The van der Waals surface area contributed by atoms with Gasteiger partial charge in [-0.1, -0.05) is 46.5 Å². The van der Waals surface area contributed by atoms with Crippen molar-refractivity contribution in [2.75, 3.05) is 20.7 Å².